The summed E-state index contributed by atoms with van der Waals surface area (Å²) in [6.07, 6.45) is 0. The normalized spacial score (nSPS) is 9.83. The topological polar surface area (TPSA) is 47.6 Å². The van der Waals surface area contributed by atoms with E-state index < -0.39 is 0 Å². The number of hydrogen-bond donors (Lipinski definition) is 1. The zero-order valence-electron chi connectivity index (χ0n) is 9.92. The van der Waals surface area contributed by atoms with Gasteiger partial charge in [-0.1, -0.05) is 24.3 Å². The van der Waals surface area contributed by atoms with Gasteiger partial charge in [0.05, 0.1) is 7.11 Å². The molecule has 0 saturated carbocycles. The smallest absolute Gasteiger partial charge is 0.274 e. The number of para-hydroxylation sites is 1. The maximum atomic E-state index is 11.6. The van der Waals surface area contributed by atoms with Crippen LogP contribution in [0.1, 0.15) is 10.4 Å². The predicted molar refractivity (Wildman–Crippen MR) is 67.4 cm³/mol. The van der Waals surface area contributed by atoms with Crippen molar-refractivity contribution in [3.8, 4) is 11.5 Å². The average Bonchev–Trinajstić information content (AvgIpc) is 2.40. The molecule has 4 heteroatoms. The molecule has 0 aliphatic rings. The van der Waals surface area contributed by atoms with Crippen LogP contribution in [0, 0.1) is 0 Å². The molecule has 2 aromatic rings. The third-order valence-electron chi connectivity index (χ3n) is 2.27. The first-order valence-corrected chi connectivity index (χ1v) is 5.46. The van der Waals surface area contributed by atoms with E-state index >= 15 is 0 Å². The van der Waals surface area contributed by atoms with Gasteiger partial charge in [0.1, 0.15) is 11.5 Å². The molecule has 0 aliphatic carbocycles. The number of carbonyl (C=O) groups excluding carboxylic acids is 1. The Labute approximate surface area is 105 Å². The van der Waals surface area contributed by atoms with Crippen LogP contribution in [0.4, 0.5) is 0 Å². The second-order valence-electron chi connectivity index (χ2n) is 3.58. The highest BCUT2D eigenvalue weighted by molar-refractivity contribution is 5.93. The molecular weight excluding hydrogens is 230 g/mol. The van der Waals surface area contributed by atoms with E-state index in [-0.39, 0.29) is 5.91 Å². The molecule has 0 saturated heterocycles. The Morgan fingerprint density at radius 2 is 1.72 bits per heavy atom. The Bertz CT molecular complexity index is 526. The summed E-state index contributed by atoms with van der Waals surface area (Å²) in [6.45, 7) is 0. The molecule has 1 amide bonds. The van der Waals surface area contributed by atoms with E-state index in [0.29, 0.717) is 11.3 Å². The third-order valence-corrected chi connectivity index (χ3v) is 2.27. The van der Waals surface area contributed by atoms with Crippen LogP contribution < -0.4 is 10.2 Å². The highest BCUT2D eigenvalue weighted by Crippen LogP contribution is 2.21. The molecule has 2 rings (SSSR count). The maximum Gasteiger partial charge on any atom is 0.274 e. The molecule has 2 aromatic carbocycles. The molecule has 0 radical (unpaired) electrons. The Kier molecular flexibility index (Phi) is 3.94. The number of rotatable bonds is 4. The molecule has 92 valence electrons. The SMILES string of the molecule is CONC(=O)c1cccc(Oc2ccccc2)c1. The summed E-state index contributed by atoms with van der Waals surface area (Å²) in [6, 6.07) is 16.3. The van der Waals surface area contributed by atoms with Crippen molar-refractivity contribution in [1.29, 1.82) is 0 Å². The lowest BCUT2D eigenvalue weighted by atomic mass is 10.2. The van der Waals surface area contributed by atoms with Crippen molar-refractivity contribution in [3.63, 3.8) is 0 Å². The fraction of sp³-hybridized carbons (Fsp3) is 0.0714. The van der Waals surface area contributed by atoms with Crippen molar-refractivity contribution in [1.82, 2.24) is 5.48 Å². The van der Waals surface area contributed by atoms with Crippen molar-refractivity contribution in [3.05, 3.63) is 60.2 Å². The summed E-state index contributed by atoms with van der Waals surface area (Å²) in [5.41, 5.74) is 2.74. The summed E-state index contributed by atoms with van der Waals surface area (Å²) in [5.74, 6) is 1.02. The number of amides is 1. The molecule has 0 atom stereocenters. The number of hydrogen-bond acceptors (Lipinski definition) is 3. The lowest BCUT2D eigenvalue weighted by Gasteiger charge is -2.07. The Hall–Kier alpha value is -2.33. The molecule has 18 heavy (non-hydrogen) atoms. The first-order valence-electron chi connectivity index (χ1n) is 5.46. The molecule has 0 unspecified atom stereocenters. The van der Waals surface area contributed by atoms with E-state index in [1.54, 1.807) is 24.3 Å². The van der Waals surface area contributed by atoms with Gasteiger partial charge in [-0.25, -0.2) is 5.48 Å². The van der Waals surface area contributed by atoms with Gasteiger partial charge in [0, 0.05) is 5.56 Å². The molecule has 0 aliphatic heterocycles. The van der Waals surface area contributed by atoms with Crippen molar-refractivity contribution in [2.45, 2.75) is 0 Å². The predicted octanol–water partition coefficient (Wildman–Crippen LogP) is 2.77. The Morgan fingerprint density at radius 3 is 2.44 bits per heavy atom. The average molecular weight is 243 g/mol. The van der Waals surface area contributed by atoms with Crippen LogP contribution in [-0.2, 0) is 4.84 Å². The van der Waals surface area contributed by atoms with Crippen LogP contribution in [0.2, 0.25) is 0 Å². The molecule has 0 heterocycles. The summed E-state index contributed by atoms with van der Waals surface area (Å²) < 4.78 is 5.63. The van der Waals surface area contributed by atoms with E-state index in [9.17, 15) is 4.79 Å². The van der Waals surface area contributed by atoms with E-state index in [1.165, 1.54) is 7.11 Å². The van der Waals surface area contributed by atoms with Gasteiger partial charge in [-0.2, -0.15) is 0 Å². The van der Waals surface area contributed by atoms with E-state index in [1.807, 2.05) is 30.3 Å². The summed E-state index contributed by atoms with van der Waals surface area (Å²) in [7, 11) is 1.39. The van der Waals surface area contributed by atoms with Crippen molar-refractivity contribution in [2.24, 2.45) is 0 Å². The first kappa shape index (κ1) is 12.1. The molecule has 1 N–H and O–H groups in total. The van der Waals surface area contributed by atoms with Gasteiger partial charge in [0.25, 0.3) is 5.91 Å². The zero-order chi connectivity index (χ0) is 12.8. The number of benzene rings is 2. The minimum absolute atomic E-state index is 0.309. The van der Waals surface area contributed by atoms with Gasteiger partial charge in [-0.05, 0) is 30.3 Å². The molecular formula is C14H13NO3. The van der Waals surface area contributed by atoms with Gasteiger partial charge in [-0.3, -0.25) is 9.63 Å². The molecule has 4 nitrogen and oxygen atoms in total. The van der Waals surface area contributed by atoms with Gasteiger partial charge in [-0.15, -0.1) is 0 Å². The summed E-state index contributed by atoms with van der Waals surface area (Å²) in [4.78, 5) is 16.1. The molecule has 0 fully saturated rings. The van der Waals surface area contributed by atoms with E-state index in [2.05, 4.69) is 10.3 Å². The zero-order valence-corrected chi connectivity index (χ0v) is 9.92. The first-order chi connectivity index (χ1) is 8.79. The molecule has 0 aromatic heterocycles. The van der Waals surface area contributed by atoms with Crippen LogP contribution >= 0.6 is 0 Å². The van der Waals surface area contributed by atoms with Crippen molar-refractivity contribution < 1.29 is 14.4 Å². The largest absolute Gasteiger partial charge is 0.457 e. The van der Waals surface area contributed by atoms with E-state index in [4.69, 9.17) is 4.74 Å². The van der Waals surface area contributed by atoms with Crippen LogP contribution in [0.15, 0.2) is 54.6 Å². The standard InChI is InChI=1S/C14H13NO3/c1-17-15-14(16)11-6-5-9-13(10-11)18-12-7-3-2-4-8-12/h2-10H,1H3,(H,15,16). The number of hydroxylamine groups is 1. The maximum absolute atomic E-state index is 11.6. The second kappa shape index (κ2) is 5.84. The highest BCUT2D eigenvalue weighted by atomic mass is 16.6. The Morgan fingerprint density at radius 1 is 1.00 bits per heavy atom. The molecule has 0 bridgehead atoms. The summed E-state index contributed by atoms with van der Waals surface area (Å²) in [5, 5.41) is 0. The van der Waals surface area contributed by atoms with Gasteiger partial charge < -0.3 is 4.74 Å². The number of carbonyl (C=O) groups is 1. The minimum Gasteiger partial charge on any atom is -0.457 e. The fourth-order valence-corrected chi connectivity index (χ4v) is 1.48. The summed E-state index contributed by atoms with van der Waals surface area (Å²) >= 11 is 0. The third kappa shape index (κ3) is 3.09. The highest BCUT2D eigenvalue weighted by Gasteiger charge is 2.06. The lowest BCUT2D eigenvalue weighted by Crippen LogP contribution is -2.21. The fourth-order valence-electron chi connectivity index (χ4n) is 1.48. The molecule has 0 spiro atoms. The lowest BCUT2D eigenvalue weighted by molar-refractivity contribution is 0.0537. The van der Waals surface area contributed by atoms with Gasteiger partial charge >= 0.3 is 0 Å². The van der Waals surface area contributed by atoms with Crippen molar-refractivity contribution in [2.75, 3.05) is 7.11 Å². The van der Waals surface area contributed by atoms with E-state index in [0.717, 1.165) is 5.75 Å². The minimum atomic E-state index is -0.309. The van der Waals surface area contributed by atoms with Gasteiger partial charge in [0.15, 0.2) is 0 Å². The number of nitrogens with one attached hydrogen (secondary N) is 1. The van der Waals surface area contributed by atoms with Crippen LogP contribution in [-0.4, -0.2) is 13.0 Å². The monoisotopic (exact) mass is 243 g/mol. The van der Waals surface area contributed by atoms with Crippen LogP contribution in [0.3, 0.4) is 0 Å². The van der Waals surface area contributed by atoms with Crippen LogP contribution in [0.25, 0.3) is 0 Å². The quantitative estimate of drug-likeness (QED) is 0.840. The van der Waals surface area contributed by atoms with Crippen LogP contribution in [0.5, 0.6) is 11.5 Å². The Balaban J connectivity index is 2.15. The second-order valence-corrected chi connectivity index (χ2v) is 3.58. The number of ether oxygens (including phenoxy) is 1. The van der Waals surface area contributed by atoms with Crippen molar-refractivity contribution >= 4 is 5.91 Å². The van der Waals surface area contributed by atoms with Gasteiger partial charge in [0.2, 0.25) is 0 Å².